The van der Waals surface area contributed by atoms with E-state index in [0.717, 1.165) is 5.39 Å². The van der Waals surface area contributed by atoms with Crippen LogP contribution < -0.4 is 14.8 Å². The first kappa shape index (κ1) is 17.7. The first-order valence-corrected chi connectivity index (χ1v) is 8.32. The molecule has 1 atom stereocenters. The zero-order valence-corrected chi connectivity index (χ0v) is 14.5. The van der Waals surface area contributed by atoms with Gasteiger partial charge in [0.2, 0.25) is 0 Å². The minimum absolute atomic E-state index is 0.316. The smallest absolute Gasteiger partial charge is 0.265 e. The number of ether oxygens (including phenoxy) is 2. The van der Waals surface area contributed by atoms with Gasteiger partial charge in [0.15, 0.2) is 6.10 Å². The molecule has 2 aromatic carbocycles. The van der Waals surface area contributed by atoms with Crippen LogP contribution in [0.3, 0.4) is 0 Å². The van der Waals surface area contributed by atoms with Crippen molar-refractivity contribution in [3.05, 3.63) is 60.5 Å². The Hall–Kier alpha value is -3.15. The molecule has 3 rings (SSSR count). The van der Waals surface area contributed by atoms with Gasteiger partial charge in [-0.05, 0) is 62.4 Å². The number of carbonyl (C=O) groups is 1. The number of anilines is 1. The van der Waals surface area contributed by atoms with Crippen molar-refractivity contribution in [2.75, 3.05) is 11.9 Å². The number of carbonyl (C=O) groups excluding carboxylic acids is 1. The fourth-order valence-corrected chi connectivity index (χ4v) is 2.53. The maximum atomic E-state index is 13.0. The summed E-state index contributed by atoms with van der Waals surface area (Å²) in [5, 5.41) is 3.63. The lowest BCUT2D eigenvalue weighted by Crippen LogP contribution is -2.30. The monoisotopic (exact) mass is 354 g/mol. The topological polar surface area (TPSA) is 60.5 Å². The van der Waals surface area contributed by atoms with Crippen LogP contribution in [-0.2, 0) is 4.79 Å². The zero-order valence-electron chi connectivity index (χ0n) is 14.5. The molecule has 0 aliphatic heterocycles. The number of fused-ring (bicyclic) bond motifs is 1. The predicted octanol–water partition coefficient (Wildman–Crippen LogP) is 4.18. The molecule has 134 valence electrons. The maximum absolute atomic E-state index is 13.0. The van der Waals surface area contributed by atoms with Crippen molar-refractivity contribution >= 4 is 22.5 Å². The second-order valence-electron chi connectivity index (χ2n) is 5.65. The molecule has 1 amide bonds. The van der Waals surface area contributed by atoms with E-state index in [-0.39, 0.29) is 11.7 Å². The second-order valence-corrected chi connectivity index (χ2v) is 5.65. The molecule has 5 nitrogen and oxygen atoms in total. The lowest BCUT2D eigenvalue weighted by molar-refractivity contribution is -0.122. The van der Waals surface area contributed by atoms with Crippen molar-refractivity contribution in [3.63, 3.8) is 0 Å². The third-order valence-electron chi connectivity index (χ3n) is 3.79. The third-order valence-corrected chi connectivity index (χ3v) is 3.79. The summed E-state index contributed by atoms with van der Waals surface area (Å²) in [6.07, 6.45) is 0.926. The number of benzene rings is 2. The van der Waals surface area contributed by atoms with Gasteiger partial charge in [-0.1, -0.05) is 0 Å². The van der Waals surface area contributed by atoms with Crippen LogP contribution in [-0.4, -0.2) is 23.6 Å². The summed E-state index contributed by atoms with van der Waals surface area (Å²) in [4.78, 5) is 16.8. The van der Waals surface area contributed by atoms with E-state index in [1.54, 1.807) is 31.3 Å². The van der Waals surface area contributed by atoms with Crippen LogP contribution in [0.2, 0.25) is 0 Å². The van der Waals surface area contributed by atoms with Crippen LogP contribution in [0.25, 0.3) is 10.9 Å². The normalized spacial score (nSPS) is 11.8. The molecule has 1 aromatic heterocycles. The van der Waals surface area contributed by atoms with Crippen molar-refractivity contribution in [2.24, 2.45) is 0 Å². The summed E-state index contributed by atoms with van der Waals surface area (Å²) in [6, 6.07) is 12.7. The van der Waals surface area contributed by atoms with Crippen molar-refractivity contribution in [1.29, 1.82) is 0 Å². The summed E-state index contributed by atoms with van der Waals surface area (Å²) in [6.45, 7) is 4.06. The Morgan fingerprint density at radius 2 is 1.96 bits per heavy atom. The Balaban J connectivity index is 1.78. The summed E-state index contributed by atoms with van der Waals surface area (Å²) < 4.78 is 24.1. The number of rotatable bonds is 6. The van der Waals surface area contributed by atoms with Crippen molar-refractivity contribution < 1.29 is 18.7 Å². The Bertz CT molecular complexity index is 913. The van der Waals surface area contributed by atoms with E-state index in [0.29, 0.717) is 29.3 Å². The van der Waals surface area contributed by atoms with E-state index >= 15 is 0 Å². The van der Waals surface area contributed by atoms with E-state index < -0.39 is 6.10 Å². The Kier molecular flexibility index (Phi) is 5.31. The number of pyridine rings is 1. The van der Waals surface area contributed by atoms with Crippen LogP contribution in [0.1, 0.15) is 13.8 Å². The lowest BCUT2D eigenvalue weighted by atomic mass is 10.1. The molecule has 3 aromatic rings. The van der Waals surface area contributed by atoms with Gasteiger partial charge in [-0.2, -0.15) is 0 Å². The molecule has 0 fully saturated rings. The van der Waals surface area contributed by atoms with E-state index in [1.807, 2.05) is 13.0 Å². The van der Waals surface area contributed by atoms with E-state index in [2.05, 4.69) is 10.3 Å². The quantitative estimate of drug-likeness (QED) is 0.721. The molecule has 0 saturated heterocycles. The van der Waals surface area contributed by atoms with E-state index in [4.69, 9.17) is 9.47 Å². The lowest BCUT2D eigenvalue weighted by Gasteiger charge is -2.16. The minimum Gasteiger partial charge on any atom is -0.492 e. The minimum atomic E-state index is -0.751. The van der Waals surface area contributed by atoms with Gasteiger partial charge < -0.3 is 14.8 Å². The van der Waals surface area contributed by atoms with Crippen molar-refractivity contribution in [3.8, 4) is 11.5 Å². The number of amides is 1. The molecular weight excluding hydrogens is 335 g/mol. The van der Waals surface area contributed by atoms with Crippen molar-refractivity contribution in [2.45, 2.75) is 20.0 Å². The molecular formula is C20H19FN2O3. The summed E-state index contributed by atoms with van der Waals surface area (Å²) in [7, 11) is 0. The molecule has 0 aliphatic carbocycles. The molecule has 0 aliphatic rings. The van der Waals surface area contributed by atoms with Crippen LogP contribution in [0.15, 0.2) is 54.7 Å². The summed E-state index contributed by atoms with van der Waals surface area (Å²) >= 11 is 0. The van der Waals surface area contributed by atoms with Gasteiger partial charge in [0.25, 0.3) is 5.91 Å². The Morgan fingerprint density at radius 1 is 1.19 bits per heavy atom. The van der Waals surface area contributed by atoms with Gasteiger partial charge in [-0.25, -0.2) is 4.39 Å². The standard InChI is InChI=1S/C20H19FN2O3/c1-3-25-18-11-10-17(16-5-4-12-22-19(16)18)23-20(24)13(2)26-15-8-6-14(21)7-9-15/h4-13H,3H2,1-2H3,(H,23,24). The number of hydrogen-bond donors (Lipinski definition) is 1. The van der Waals surface area contributed by atoms with Gasteiger partial charge in [0.05, 0.1) is 12.3 Å². The largest absolute Gasteiger partial charge is 0.492 e. The first-order chi connectivity index (χ1) is 12.6. The maximum Gasteiger partial charge on any atom is 0.265 e. The highest BCUT2D eigenvalue weighted by Crippen LogP contribution is 2.30. The fraction of sp³-hybridized carbons (Fsp3) is 0.200. The van der Waals surface area contributed by atoms with Crippen molar-refractivity contribution in [1.82, 2.24) is 4.98 Å². The molecule has 0 saturated carbocycles. The van der Waals surface area contributed by atoms with Crippen LogP contribution in [0.4, 0.5) is 10.1 Å². The fourth-order valence-electron chi connectivity index (χ4n) is 2.53. The van der Waals surface area contributed by atoms with Gasteiger partial charge in [0, 0.05) is 11.6 Å². The summed E-state index contributed by atoms with van der Waals surface area (Å²) in [5.41, 5.74) is 1.30. The molecule has 26 heavy (non-hydrogen) atoms. The molecule has 1 N–H and O–H groups in total. The number of halogens is 1. The number of nitrogens with zero attached hydrogens (tertiary/aromatic N) is 1. The van der Waals surface area contributed by atoms with Crippen LogP contribution in [0.5, 0.6) is 11.5 Å². The number of hydrogen-bond acceptors (Lipinski definition) is 4. The predicted molar refractivity (Wildman–Crippen MR) is 98.0 cm³/mol. The average Bonchev–Trinajstić information content (AvgIpc) is 2.65. The third kappa shape index (κ3) is 3.91. The Morgan fingerprint density at radius 3 is 2.69 bits per heavy atom. The SMILES string of the molecule is CCOc1ccc(NC(=O)C(C)Oc2ccc(F)cc2)c2cccnc12. The van der Waals surface area contributed by atoms with Crippen LogP contribution in [0, 0.1) is 5.82 Å². The average molecular weight is 354 g/mol. The van der Waals surface area contributed by atoms with Crippen LogP contribution >= 0.6 is 0 Å². The molecule has 0 bridgehead atoms. The molecule has 1 unspecified atom stereocenters. The molecule has 0 spiro atoms. The van der Waals surface area contributed by atoms with Gasteiger partial charge >= 0.3 is 0 Å². The van der Waals surface area contributed by atoms with E-state index in [9.17, 15) is 9.18 Å². The van der Waals surface area contributed by atoms with Gasteiger partial charge in [0.1, 0.15) is 22.8 Å². The highest BCUT2D eigenvalue weighted by Gasteiger charge is 2.17. The zero-order chi connectivity index (χ0) is 18.5. The first-order valence-electron chi connectivity index (χ1n) is 8.32. The molecule has 0 radical (unpaired) electrons. The Labute approximate surface area is 150 Å². The molecule has 1 heterocycles. The second kappa shape index (κ2) is 7.82. The number of nitrogens with one attached hydrogen (secondary N) is 1. The van der Waals surface area contributed by atoms with Gasteiger partial charge in [-0.3, -0.25) is 9.78 Å². The molecule has 6 heteroatoms. The highest BCUT2D eigenvalue weighted by molar-refractivity contribution is 6.04. The van der Waals surface area contributed by atoms with E-state index in [1.165, 1.54) is 24.3 Å². The van der Waals surface area contributed by atoms with Gasteiger partial charge in [-0.15, -0.1) is 0 Å². The highest BCUT2D eigenvalue weighted by atomic mass is 19.1. The summed E-state index contributed by atoms with van der Waals surface area (Å²) in [5.74, 6) is 0.412. The number of aromatic nitrogens is 1.